The third kappa shape index (κ3) is 6.61. The summed E-state index contributed by atoms with van der Waals surface area (Å²) in [6, 6.07) is 0. The summed E-state index contributed by atoms with van der Waals surface area (Å²) in [5.74, 6) is 0.434. The molecule has 0 bridgehead atoms. The monoisotopic (exact) mass is 302 g/mol. The smallest absolute Gasteiger partial charge is 0.0613 e. The number of nitrogens with two attached hydrogens (primary N) is 1. The highest BCUT2D eigenvalue weighted by Crippen LogP contribution is 2.35. The van der Waals surface area contributed by atoms with E-state index >= 15 is 0 Å². The van der Waals surface area contributed by atoms with Gasteiger partial charge >= 0.3 is 0 Å². The van der Waals surface area contributed by atoms with Crippen molar-refractivity contribution in [2.45, 2.75) is 45.1 Å². The summed E-state index contributed by atoms with van der Waals surface area (Å²) >= 11 is 0. The lowest BCUT2D eigenvalue weighted by molar-refractivity contribution is 0.0758. The molecule has 2 unspecified atom stereocenters. The molecule has 1 aliphatic carbocycles. The van der Waals surface area contributed by atoms with E-state index in [9.17, 15) is 5.11 Å². The first-order valence-corrected chi connectivity index (χ1v) is 8.43. The molecule has 0 amide bonds. The Morgan fingerprint density at radius 3 is 2.29 bits per heavy atom. The number of aliphatic hydroxyl groups is 1. The second-order valence-corrected chi connectivity index (χ2v) is 6.00. The predicted molar refractivity (Wildman–Crippen MR) is 85.4 cm³/mol. The molecule has 1 rings (SSSR count). The molecule has 0 radical (unpaired) electrons. The van der Waals surface area contributed by atoms with Gasteiger partial charge in [0, 0.05) is 31.8 Å². The van der Waals surface area contributed by atoms with Crippen LogP contribution in [0.2, 0.25) is 0 Å². The van der Waals surface area contributed by atoms with Crippen molar-refractivity contribution in [2.75, 3.05) is 52.7 Å². The SMILES string of the molecule is CCOCCN(CCOCC)CCC1CCCC1(N)CO. The van der Waals surface area contributed by atoms with Gasteiger partial charge in [0.25, 0.3) is 0 Å². The number of aliphatic hydroxyl groups excluding tert-OH is 1. The van der Waals surface area contributed by atoms with Crippen LogP contribution < -0.4 is 5.73 Å². The summed E-state index contributed by atoms with van der Waals surface area (Å²) in [4.78, 5) is 2.39. The molecule has 5 nitrogen and oxygen atoms in total. The Kier molecular flexibility index (Phi) is 9.44. The van der Waals surface area contributed by atoms with E-state index in [4.69, 9.17) is 15.2 Å². The average Bonchev–Trinajstić information content (AvgIpc) is 2.86. The fourth-order valence-electron chi connectivity index (χ4n) is 3.16. The molecular weight excluding hydrogens is 268 g/mol. The van der Waals surface area contributed by atoms with Gasteiger partial charge in [-0.05, 0) is 45.6 Å². The van der Waals surface area contributed by atoms with Gasteiger partial charge in [-0.15, -0.1) is 0 Å². The van der Waals surface area contributed by atoms with Gasteiger partial charge in [-0.25, -0.2) is 0 Å². The number of nitrogens with zero attached hydrogens (tertiary/aromatic N) is 1. The van der Waals surface area contributed by atoms with E-state index in [0.29, 0.717) is 5.92 Å². The van der Waals surface area contributed by atoms with Gasteiger partial charge in [-0.1, -0.05) is 6.42 Å². The van der Waals surface area contributed by atoms with E-state index in [0.717, 1.165) is 71.7 Å². The van der Waals surface area contributed by atoms with Crippen molar-refractivity contribution < 1.29 is 14.6 Å². The van der Waals surface area contributed by atoms with Gasteiger partial charge in [0.1, 0.15) is 0 Å². The minimum atomic E-state index is -0.356. The molecule has 0 spiro atoms. The number of rotatable bonds is 12. The molecule has 126 valence electrons. The third-order valence-corrected chi connectivity index (χ3v) is 4.61. The van der Waals surface area contributed by atoms with E-state index in [2.05, 4.69) is 4.90 Å². The van der Waals surface area contributed by atoms with Crippen molar-refractivity contribution in [2.24, 2.45) is 11.7 Å². The lowest BCUT2D eigenvalue weighted by atomic mass is 9.86. The Balaban J connectivity index is 2.36. The van der Waals surface area contributed by atoms with Crippen LogP contribution in [0.5, 0.6) is 0 Å². The fraction of sp³-hybridized carbons (Fsp3) is 1.00. The predicted octanol–water partition coefficient (Wildman–Crippen LogP) is 1.24. The zero-order valence-corrected chi connectivity index (χ0v) is 13.9. The average molecular weight is 302 g/mol. The van der Waals surface area contributed by atoms with Gasteiger partial charge in [0.2, 0.25) is 0 Å². The Bertz CT molecular complexity index is 256. The second-order valence-electron chi connectivity index (χ2n) is 6.00. The van der Waals surface area contributed by atoms with Crippen molar-refractivity contribution in [3.8, 4) is 0 Å². The van der Waals surface area contributed by atoms with Crippen LogP contribution in [0.3, 0.4) is 0 Å². The molecule has 0 aromatic rings. The fourth-order valence-corrected chi connectivity index (χ4v) is 3.16. The van der Waals surface area contributed by atoms with Crippen LogP contribution in [0.25, 0.3) is 0 Å². The van der Waals surface area contributed by atoms with Crippen molar-refractivity contribution >= 4 is 0 Å². The molecule has 2 atom stereocenters. The molecule has 1 aliphatic rings. The van der Waals surface area contributed by atoms with Crippen molar-refractivity contribution in [1.29, 1.82) is 0 Å². The molecule has 1 saturated carbocycles. The Hall–Kier alpha value is -0.200. The summed E-state index contributed by atoms with van der Waals surface area (Å²) in [5, 5.41) is 9.53. The van der Waals surface area contributed by atoms with E-state index in [1.807, 2.05) is 13.8 Å². The number of hydrogen-bond acceptors (Lipinski definition) is 5. The van der Waals surface area contributed by atoms with Crippen LogP contribution in [0.1, 0.15) is 39.5 Å². The van der Waals surface area contributed by atoms with E-state index in [-0.39, 0.29) is 12.1 Å². The molecular formula is C16H34N2O3. The van der Waals surface area contributed by atoms with Crippen LogP contribution in [-0.4, -0.2) is 68.2 Å². The van der Waals surface area contributed by atoms with Gasteiger partial charge in [-0.2, -0.15) is 0 Å². The van der Waals surface area contributed by atoms with Crippen LogP contribution in [0.4, 0.5) is 0 Å². The molecule has 5 heteroatoms. The highest BCUT2D eigenvalue weighted by atomic mass is 16.5. The molecule has 0 aliphatic heterocycles. The second kappa shape index (κ2) is 10.5. The van der Waals surface area contributed by atoms with Gasteiger partial charge in [0.15, 0.2) is 0 Å². The quantitative estimate of drug-likeness (QED) is 0.531. The molecule has 0 heterocycles. The van der Waals surface area contributed by atoms with Crippen LogP contribution >= 0.6 is 0 Å². The Morgan fingerprint density at radius 1 is 1.14 bits per heavy atom. The topological polar surface area (TPSA) is 68.0 Å². The zero-order chi connectivity index (χ0) is 15.6. The highest BCUT2D eigenvalue weighted by Gasteiger charge is 2.38. The minimum Gasteiger partial charge on any atom is -0.394 e. The summed E-state index contributed by atoms with van der Waals surface area (Å²) in [7, 11) is 0. The first-order chi connectivity index (χ1) is 10.2. The Labute approximate surface area is 129 Å². The molecule has 3 N–H and O–H groups in total. The van der Waals surface area contributed by atoms with Crippen molar-refractivity contribution in [3.63, 3.8) is 0 Å². The van der Waals surface area contributed by atoms with Gasteiger partial charge in [0.05, 0.1) is 19.8 Å². The lowest BCUT2D eigenvalue weighted by Crippen LogP contribution is -2.48. The van der Waals surface area contributed by atoms with Crippen LogP contribution in [-0.2, 0) is 9.47 Å². The summed E-state index contributed by atoms with van der Waals surface area (Å²) < 4.78 is 10.9. The molecule has 0 aromatic heterocycles. The summed E-state index contributed by atoms with van der Waals surface area (Å²) in [6.07, 6.45) is 4.28. The first-order valence-electron chi connectivity index (χ1n) is 8.43. The van der Waals surface area contributed by atoms with E-state index in [1.165, 1.54) is 0 Å². The maximum absolute atomic E-state index is 9.53. The summed E-state index contributed by atoms with van der Waals surface area (Å²) in [5.41, 5.74) is 5.96. The van der Waals surface area contributed by atoms with Crippen molar-refractivity contribution in [3.05, 3.63) is 0 Å². The number of ether oxygens (including phenoxy) is 2. The van der Waals surface area contributed by atoms with E-state index in [1.54, 1.807) is 0 Å². The first kappa shape index (κ1) is 18.8. The Morgan fingerprint density at radius 2 is 1.76 bits per heavy atom. The van der Waals surface area contributed by atoms with Gasteiger partial charge < -0.3 is 20.3 Å². The minimum absolute atomic E-state index is 0.107. The third-order valence-electron chi connectivity index (χ3n) is 4.61. The maximum atomic E-state index is 9.53. The van der Waals surface area contributed by atoms with Crippen LogP contribution in [0.15, 0.2) is 0 Å². The number of hydrogen-bond donors (Lipinski definition) is 2. The highest BCUT2D eigenvalue weighted by molar-refractivity contribution is 4.96. The summed E-state index contributed by atoms with van der Waals surface area (Å²) in [6.45, 7) is 10.1. The molecule has 0 saturated heterocycles. The zero-order valence-electron chi connectivity index (χ0n) is 13.9. The van der Waals surface area contributed by atoms with Crippen molar-refractivity contribution in [1.82, 2.24) is 4.90 Å². The standard InChI is InChI=1S/C16H34N2O3/c1-3-20-12-10-18(11-13-21-4-2)9-7-15-6-5-8-16(15,17)14-19/h15,19H,3-14,17H2,1-2H3. The molecule has 1 fully saturated rings. The molecule has 21 heavy (non-hydrogen) atoms. The lowest BCUT2D eigenvalue weighted by Gasteiger charge is -2.31. The largest absolute Gasteiger partial charge is 0.394 e. The maximum Gasteiger partial charge on any atom is 0.0613 e. The van der Waals surface area contributed by atoms with E-state index < -0.39 is 0 Å². The van der Waals surface area contributed by atoms with Crippen LogP contribution in [0, 0.1) is 5.92 Å². The van der Waals surface area contributed by atoms with Gasteiger partial charge in [-0.3, -0.25) is 4.90 Å². The normalized spacial score (nSPS) is 25.9. The molecule has 0 aromatic carbocycles.